The Morgan fingerprint density at radius 3 is 2.68 bits per heavy atom. The van der Waals surface area contributed by atoms with Crippen molar-refractivity contribution in [1.29, 1.82) is 0 Å². The molecule has 5 nitrogen and oxygen atoms in total. The van der Waals surface area contributed by atoms with Crippen LogP contribution < -0.4 is 4.90 Å². The second-order valence-electron chi connectivity index (χ2n) is 6.11. The van der Waals surface area contributed by atoms with Crippen molar-refractivity contribution < 1.29 is 22.4 Å². The summed E-state index contributed by atoms with van der Waals surface area (Å²) < 4.78 is 49.0. The molecule has 0 amide bonds. The monoisotopic (exact) mass is 375 g/mol. The molecule has 0 spiro atoms. The Morgan fingerprint density at radius 2 is 2.12 bits per heavy atom. The van der Waals surface area contributed by atoms with Crippen LogP contribution in [0.4, 0.5) is 19.0 Å². The largest absolute Gasteiger partial charge is 0.417 e. The SMILES string of the molecule is CO[C@H]1CN(c2ncc(C(F)(F)F)cc2Cl)C[C@H]1Cc1cc(C)no1. The van der Waals surface area contributed by atoms with E-state index in [1.807, 2.05) is 17.9 Å². The number of nitrogens with zero attached hydrogens (tertiary/aromatic N) is 3. The molecule has 2 aromatic heterocycles. The van der Waals surface area contributed by atoms with Gasteiger partial charge in [-0.15, -0.1) is 0 Å². The van der Waals surface area contributed by atoms with Crippen LogP contribution >= 0.6 is 11.6 Å². The molecular weight excluding hydrogens is 359 g/mol. The van der Waals surface area contributed by atoms with Crippen molar-refractivity contribution in [3.63, 3.8) is 0 Å². The average molecular weight is 376 g/mol. The van der Waals surface area contributed by atoms with E-state index >= 15 is 0 Å². The summed E-state index contributed by atoms with van der Waals surface area (Å²) in [5.74, 6) is 1.17. The first-order valence-electron chi connectivity index (χ1n) is 7.70. The van der Waals surface area contributed by atoms with E-state index in [1.165, 1.54) is 0 Å². The van der Waals surface area contributed by atoms with Gasteiger partial charge in [-0.2, -0.15) is 13.2 Å². The molecule has 25 heavy (non-hydrogen) atoms. The zero-order valence-corrected chi connectivity index (χ0v) is 14.4. The first kappa shape index (κ1) is 18.0. The third kappa shape index (κ3) is 3.90. The van der Waals surface area contributed by atoms with Crippen LogP contribution in [-0.2, 0) is 17.3 Å². The molecule has 1 saturated heterocycles. The van der Waals surface area contributed by atoms with Crippen molar-refractivity contribution in [3.8, 4) is 0 Å². The van der Waals surface area contributed by atoms with Crippen LogP contribution in [0.5, 0.6) is 0 Å². The molecule has 3 rings (SSSR count). The Labute approximate surface area is 147 Å². The maximum absolute atomic E-state index is 12.8. The highest BCUT2D eigenvalue weighted by molar-refractivity contribution is 6.33. The van der Waals surface area contributed by atoms with E-state index in [1.54, 1.807) is 7.11 Å². The van der Waals surface area contributed by atoms with Gasteiger partial charge in [0.05, 0.1) is 22.4 Å². The normalized spacial score (nSPS) is 21.1. The Morgan fingerprint density at radius 1 is 1.36 bits per heavy atom. The number of aryl methyl sites for hydroxylation is 1. The summed E-state index contributed by atoms with van der Waals surface area (Å²) in [6, 6.07) is 2.76. The van der Waals surface area contributed by atoms with Gasteiger partial charge in [0.25, 0.3) is 0 Å². The number of aromatic nitrogens is 2. The molecule has 0 radical (unpaired) electrons. The van der Waals surface area contributed by atoms with Crippen molar-refractivity contribution in [1.82, 2.24) is 10.1 Å². The molecular formula is C16H17ClF3N3O2. The van der Waals surface area contributed by atoms with Crippen LogP contribution in [0.3, 0.4) is 0 Å². The maximum atomic E-state index is 12.8. The number of hydrogen-bond donors (Lipinski definition) is 0. The zero-order valence-electron chi connectivity index (χ0n) is 13.7. The lowest BCUT2D eigenvalue weighted by Gasteiger charge is -2.19. The van der Waals surface area contributed by atoms with E-state index in [0.717, 1.165) is 23.7 Å². The number of halogens is 4. The lowest BCUT2D eigenvalue weighted by atomic mass is 10.0. The van der Waals surface area contributed by atoms with Gasteiger partial charge in [0.1, 0.15) is 11.6 Å². The van der Waals surface area contributed by atoms with Crippen molar-refractivity contribution in [2.45, 2.75) is 25.6 Å². The minimum Gasteiger partial charge on any atom is -0.379 e. The van der Waals surface area contributed by atoms with E-state index in [2.05, 4.69) is 10.1 Å². The zero-order chi connectivity index (χ0) is 18.2. The van der Waals surface area contributed by atoms with Gasteiger partial charge in [0, 0.05) is 44.8 Å². The smallest absolute Gasteiger partial charge is 0.379 e. The second kappa shape index (κ2) is 6.84. The van der Waals surface area contributed by atoms with Crippen LogP contribution in [0.15, 0.2) is 22.9 Å². The molecule has 0 unspecified atom stereocenters. The standard InChI is InChI=1S/C16H17ClF3N3O2/c1-9-3-12(25-22-9)4-10-7-23(8-14(10)24-2)15-13(17)5-11(6-21-15)16(18,19)20/h3,5-6,10,14H,4,7-8H2,1-2H3/t10-,14+/m1/s1. The van der Waals surface area contributed by atoms with Crippen molar-refractivity contribution in [3.05, 3.63) is 40.4 Å². The van der Waals surface area contributed by atoms with Crippen LogP contribution in [0.2, 0.25) is 5.02 Å². The molecule has 2 atom stereocenters. The minimum atomic E-state index is -4.47. The Kier molecular flexibility index (Phi) is 4.92. The Bertz CT molecular complexity index is 750. The number of hydrogen-bond acceptors (Lipinski definition) is 5. The maximum Gasteiger partial charge on any atom is 0.417 e. The Balaban J connectivity index is 1.77. The highest BCUT2D eigenvalue weighted by atomic mass is 35.5. The molecule has 1 aliphatic rings. The topological polar surface area (TPSA) is 51.4 Å². The molecule has 1 aliphatic heterocycles. The van der Waals surface area contributed by atoms with Crippen molar-refractivity contribution in [2.75, 3.05) is 25.1 Å². The average Bonchev–Trinajstić information content (AvgIpc) is 3.12. The molecule has 0 aromatic carbocycles. The number of rotatable bonds is 4. The van der Waals surface area contributed by atoms with Crippen LogP contribution in [-0.4, -0.2) is 36.4 Å². The Hall–Kier alpha value is -1.80. The fourth-order valence-electron chi connectivity index (χ4n) is 3.07. The molecule has 0 saturated carbocycles. The predicted octanol–water partition coefficient (Wildman–Crippen LogP) is 3.74. The number of anilines is 1. The molecule has 0 bridgehead atoms. The molecule has 9 heteroatoms. The minimum absolute atomic E-state index is 0.0270. The van der Waals surface area contributed by atoms with Crippen LogP contribution in [0.1, 0.15) is 17.0 Å². The van der Waals surface area contributed by atoms with E-state index in [9.17, 15) is 13.2 Å². The number of methoxy groups -OCH3 is 1. The highest BCUT2D eigenvalue weighted by Gasteiger charge is 2.36. The number of pyridine rings is 1. The molecule has 3 heterocycles. The van der Waals surface area contributed by atoms with Gasteiger partial charge in [0.2, 0.25) is 0 Å². The molecule has 0 N–H and O–H groups in total. The highest BCUT2D eigenvalue weighted by Crippen LogP contribution is 2.36. The molecule has 0 aliphatic carbocycles. The van der Waals surface area contributed by atoms with Gasteiger partial charge in [-0.3, -0.25) is 0 Å². The molecule has 1 fully saturated rings. The van der Waals surface area contributed by atoms with Gasteiger partial charge in [-0.05, 0) is 13.0 Å². The third-order valence-electron chi connectivity index (χ3n) is 4.27. The summed E-state index contributed by atoms with van der Waals surface area (Å²) in [6.45, 7) is 2.89. The molecule has 136 valence electrons. The summed E-state index contributed by atoms with van der Waals surface area (Å²) in [4.78, 5) is 5.76. The predicted molar refractivity (Wildman–Crippen MR) is 85.7 cm³/mol. The quantitative estimate of drug-likeness (QED) is 0.814. The third-order valence-corrected chi connectivity index (χ3v) is 4.55. The lowest BCUT2D eigenvalue weighted by molar-refractivity contribution is -0.137. The summed E-state index contributed by atoms with van der Waals surface area (Å²) in [5, 5.41) is 3.84. The van der Waals surface area contributed by atoms with Crippen molar-refractivity contribution >= 4 is 17.4 Å². The van der Waals surface area contributed by atoms with Gasteiger partial charge < -0.3 is 14.2 Å². The fraction of sp³-hybridized carbons (Fsp3) is 0.500. The van der Waals surface area contributed by atoms with E-state index < -0.39 is 11.7 Å². The van der Waals surface area contributed by atoms with Crippen LogP contribution in [0.25, 0.3) is 0 Å². The lowest BCUT2D eigenvalue weighted by Crippen LogP contribution is -2.24. The summed E-state index contributed by atoms with van der Waals surface area (Å²) in [6.07, 6.45) is -3.16. The van der Waals surface area contributed by atoms with E-state index in [4.69, 9.17) is 20.9 Å². The summed E-state index contributed by atoms with van der Waals surface area (Å²) in [5.41, 5.74) is -0.0660. The van der Waals surface area contributed by atoms with E-state index in [0.29, 0.717) is 25.3 Å². The summed E-state index contributed by atoms with van der Waals surface area (Å²) >= 11 is 6.04. The summed E-state index contributed by atoms with van der Waals surface area (Å²) in [7, 11) is 1.61. The second-order valence-corrected chi connectivity index (χ2v) is 6.51. The van der Waals surface area contributed by atoms with Crippen molar-refractivity contribution in [2.24, 2.45) is 5.92 Å². The van der Waals surface area contributed by atoms with Gasteiger partial charge >= 0.3 is 6.18 Å². The fourth-order valence-corrected chi connectivity index (χ4v) is 3.35. The number of alkyl halides is 3. The van der Waals surface area contributed by atoms with Gasteiger partial charge in [-0.25, -0.2) is 4.98 Å². The first-order valence-corrected chi connectivity index (χ1v) is 8.08. The molecule has 2 aromatic rings. The van der Waals surface area contributed by atoms with Gasteiger partial charge in [0.15, 0.2) is 0 Å². The number of ether oxygens (including phenoxy) is 1. The van der Waals surface area contributed by atoms with Crippen LogP contribution in [0, 0.1) is 12.8 Å². The van der Waals surface area contributed by atoms with E-state index in [-0.39, 0.29) is 17.0 Å². The van der Waals surface area contributed by atoms with Gasteiger partial charge in [-0.1, -0.05) is 16.8 Å². The first-order chi connectivity index (χ1) is 11.8.